The van der Waals surface area contributed by atoms with E-state index in [1.165, 1.54) is 0 Å². The largest absolute Gasteiger partial charge is 0.496 e. The number of carbonyl (C=O) groups excluding carboxylic acids is 2. The highest BCUT2D eigenvalue weighted by Crippen LogP contribution is 2.47. The zero-order valence-corrected chi connectivity index (χ0v) is 21.2. The van der Waals surface area contributed by atoms with Gasteiger partial charge >= 0.3 is 0 Å². The lowest BCUT2D eigenvalue weighted by Crippen LogP contribution is -2.43. The van der Waals surface area contributed by atoms with Crippen molar-refractivity contribution in [2.75, 3.05) is 25.1 Å². The number of amides is 1. The zero-order valence-electron chi connectivity index (χ0n) is 21.2. The Kier molecular flexibility index (Phi) is 5.60. The number of aryl methyl sites for hydroxylation is 2. The number of benzene rings is 2. The van der Waals surface area contributed by atoms with E-state index < -0.39 is 11.5 Å². The lowest BCUT2D eigenvalue weighted by atomic mass is 9.76. The van der Waals surface area contributed by atoms with Gasteiger partial charge in [-0.2, -0.15) is 5.10 Å². The summed E-state index contributed by atoms with van der Waals surface area (Å²) in [6.07, 6.45) is 5.45. The van der Waals surface area contributed by atoms with Crippen molar-refractivity contribution in [2.24, 2.45) is 12.5 Å². The van der Waals surface area contributed by atoms with E-state index in [9.17, 15) is 9.59 Å². The minimum Gasteiger partial charge on any atom is -0.496 e. The van der Waals surface area contributed by atoms with Crippen LogP contribution in [0.4, 0.5) is 5.69 Å². The van der Waals surface area contributed by atoms with Crippen LogP contribution in [0.15, 0.2) is 48.8 Å². The Morgan fingerprint density at radius 2 is 1.97 bits per heavy atom. The van der Waals surface area contributed by atoms with Crippen molar-refractivity contribution >= 4 is 28.4 Å². The van der Waals surface area contributed by atoms with E-state index in [1.807, 2.05) is 54.9 Å². The number of methoxy groups -OCH3 is 1. The molecule has 2 saturated heterocycles. The molecule has 0 saturated carbocycles. The number of ether oxygens (including phenoxy) is 1. The Hall–Kier alpha value is -3.98. The Labute approximate surface area is 214 Å². The van der Waals surface area contributed by atoms with Crippen molar-refractivity contribution in [1.82, 2.24) is 25.1 Å². The predicted molar refractivity (Wildman–Crippen MR) is 141 cm³/mol. The topological polar surface area (TPSA) is 105 Å². The quantitative estimate of drug-likeness (QED) is 0.407. The highest BCUT2D eigenvalue weighted by molar-refractivity contribution is 6.13. The molecule has 0 aliphatic carbocycles. The fourth-order valence-electron chi connectivity index (χ4n) is 5.91. The van der Waals surface area contributed by atoms with Gasteiger partial charge < -0.3 is 19.5 Å². The average molecular weight is 499 g/mol. The molecule has 1 amide bonds. The van der Waals surface area contributed by atoms with Crippen LogP contribution in [0.1, 0.15) is 35.4 Å². The van der Waals surface area contributed by atoms with Gasteiger partial charge in [0, 0.05) is 41.7 Å². The summed E-state index contributed by atoms with van der Waals surface area (Å²) in [5.74, 6) is 1.46. The summed E-state index contributed by atoms with van der Waals surface area (Å²) in [5, 5.41) is 10.2. The van der Waals surface area contributed by atoms with Crippen LogP contribution in [0.25, 0.3) is 22.2 Å². The Morgan fingerprint density at radius 1 is 1.16 bits per heavy atom. The first-order chi connectivity index (χ1) is 17.9. The number of piperidine rings is 1. The molecule has 1 spiro atoms. The van der Waals surface area contributed by atoms with Gasteiger partial charge in [0.2, 0.25) is 5.91 Å². The van der Waals surface area contributed by atoms with Crippen LogP contribution >= 0.6 is 0 Å². The molecular formula is C28H30N6O3. The molecule has 2 N–H and O–H groups in total. The molecule has 1 atom stereocenters. The lowest BCUT2D eigenvalue weighted by molar-refractivity contribution is -0.126. The minimum atomic E-state index is -0.600. The van der Waals surface area contributed by atoms with Gasteiger partial charge in [0.25, 0.3) is 0 Å². The minimum absolute atomic E-state index is 0.0141. The maximum absolute atomic E-state index is 14.1. The molecule has 1 unspecified atom stereocenters. The number of Topliss-reactive ketones (excluding diaryl/α,β-unsaturated/α-hetero) is 1. The van der Waals surface area contributed by atoms with Crippen molar-refractivity contribution in [3.8, 4) is 16.9 Å². The number of H-pyrrole nitrogens is 1. The molecule has 9 nitrogen and oxygen atoms in total. The number of fused-ring (bicyclic) bond motifs is 1. The number of hydrogen-bond acceptors (Lipinski definition) is 6. The molecule has 2 fully saturated rings. The van der Waals surface area contributed by atoms with Gasteiger partial charge in [-0.05, 0) is 69.6 Å². The normalized spacial score (nSPS) is 19.2. The van der Waals surface area contributed by atoms with E-state index in [4.69, 9.17) is 4.74 Å². The molecule has 2 aromatic carbocycles. The van der Waals surface area contributed by atoms with Crippen molar-refractivity contribution in [2.45, 2.75) is 32.2 Å². The molecule has 37 heavy (non-hydrogen) atoms. The van der Waals surface area contributed by atoms with E-state index in [-0.39, 0.29) is 11.7 Å². The van der Waals surface area contributed by atoms with E-state index in [2.05, 4.69) is 20.5 Å². The van der Waals surface area contributed by atoms with E-state index in [1.54, 1.807) is 24.4 Å². The van der Waals surface area contributed by atoms with Crippen LogP contribution < -0.4 is 15.0 Å². The maximum Gasteiger partial charge on any atom is 0.234 e. The first kappa shape index (κ1) is 23.4. The van der Waals surface area contributed by atoms with E-state index >= 15 is 0 Å². The van der Waals surface area contributed by atoms with Crippen LogP contribution in [0, 0.1) is 12.3 Å². The smallest absolute Gasteiger partial charge is 0.234 e. The third-order valence-corrected chi connectivity index (χ3v) is 8.09. The number of imidazole rings is 1. The number of ketones is 1. The van der Waals surface area contributed by atoms with Crippen LogP contribution in [0.2, 0.25) is 0 Å². The molecule has 2 aliphatic heterocycles. The van der Waals surface area contributed by atoms with Gasteiger partial charge in [0.15, 0.2) is 5.78 Å². The van der Waals surface area contributed by atoms with Gasteiger partial charge in [-0.25, -0.2) is 4.98 Å². The summed E-state index contributed by atoms with van der Waals surface area (Å²) in [4.78, 5) is 34.5. The molecule has 2 aromatic heterocycles. The van der Waals surface area contributed by atoms with Gasteiger partial charge in [-0.1, -0.05) is 0 Å². The standard InChI is InChI=1S/C28H30N6O3/c1-17-32-22-12-18(4-7-23(22)33(17)2)26(35)24-14-28(8-10-29-11-9-28)27(36)34(24)20-5-6-21(25(13-20)37-3)19-15-30-31-16-19/h4-7,12-13,15-16,24,29H,8-11,14H2,1-3H3,(H,30,31). The fraction of sp³-hybridized carbons (Fsp3) is 0.357. The average Bonchev–Trinajstić information content (AvgIpc) is 3.62. The second-order valence-electron chi connectivity index (χ2n) is 10.1. The summed E-state index contributed by atoms with van der Waals surface area (Å²) >= 11 is 0. The van der Waals surface area contributed by atoms with Crippen molar-refractivity contribution in [3.05, 3.63) is 60.2 Å². The summed E-state index contributed by atoms with van der Waals surface area (Å²) in [7, 11) is 3.57. The molecule has 0 bridgehead atoms. The third kappa shape index (κ3) is 3.72. The number of anilines is 1. The molecule has 0 radical (unpaired) electrons. The van der Waals surface area contributed by atoms with Crippen molar-refractivity contribution in [1.29, 1.82) is 0 Å². The number of carbonyl (C=O) groups is 2. The highest BCUT2D eigenvalue weighted by Gasteiger charge is 2.54. The summed E-state index contributed by atoms with van der Waals surface area (Å²) < 4.78 is 7.71. The SMILES string of the molecule is COc1cc(N2C(=O)C3(CCNCC3)CC2C(=O)c2ccc3c(c2)nc(C)n3C)ccc1-c1cn[nH]c1. The van der Waals surface area contributed by atoms with Gasteiger partial charge in [-0.3, -0.25) is 14.7 Å². The second kappa shape index (κ2) is 8.85. The summed E-state index contributed by atoms with van der Waals surface area (Å²) in [6, 6.07) is 10.7. The van der Waals surface area contributed by atoms with Crippen LogP contribution in [0.3, 0.4) is 0 Å². The lowest BCUT2D eigenvalue weighted by Gasteiger charge is -2.32. The fourth-order valence-corrected chi connectivity index (χ4v) is 5.91. The van der Waals surface area contributed by atoms with Crippen molar-refractivity contribution < 1.29 is 14.3 Å². The van der Waals surface area contributed by atoms with Crippen LogP contribution in [0.5, 0.6) is 5.75 Å². The Morgan fingerprint density at radius 3 is 2.70 bits per heavy atom. The maximum atomic E-state index is 14.1. The summed E-state index contributed by atoms with van der Waals surface area (Å²) in [6.45, 7) is 3.48. The third-order valence-electron chi connectivity index (χ3n) is 8.09. The Bertz CT molecular complexity index is 1500. The van der Waals surface area contributed by atoms with E-state index in [0.717, 1.165) is 53.9 Å². The Balaban J connectivity index is 1.43. The molecule has 6 rings (SSSR count). The van der Waals surface area contributed by atoms with Gasteiger partial charge in [0.05, 0.1) is 29.8 Å². The van der Waals surface area contributed by atoms with Gasteiger partial charge in [0.1, 0.15) is 17.6 Å². The monoisotopic (exact) mass is 498 g/mol. The number of aromatic amines is 1. The molecule has 2 aliphatic rings. The number of nitrogens with one attached hydrogen (secondary N) is 2. The van der Waals surface area contributed by atoms with Crippen LogP contribution in [-0.2, 0) is 11.8 Å². The van der Waals surface area contributed by atoms with Crippen molar-refractivity contribution in [3.63, 3.8) is 0 Å². The predicted octanol–water partition coefficient (Wildman–Crippen LogP) is 3.64. The molecular weight excluding hydrogens is 468 g/mol. The molecule has 4 heterocycles. The second-order valence-corrected chi connectivity index (χ2v) is 10.1. The highest BCUT2D eigenvalue weighted by atomic mass is 16.5. The first-order valence-electron chi connectivity index (χ1n) is 12.6. The van der Waals surface area contributed by atoms with Crippen LogP contribution in [-0.4, -0.2) is 57.7 Å². The zero-order chi connectivity index (χ0) is 25.7. The van der Waals surface area contributed by atoms with Gasteiger partial charge in [-0.15, -0.1) is 0 Å². The first-order valence-corrected chi connectivity index (χ1v) is 12.6. The molecule has 9 heteroatoms. The number of rotatable bonds is 5. The number of nitrogens with zero attached hydrogens (tertiary/aromatic N) is 4. The van der Waals surface area contributed by atoms with E-state index in [0.29, 0.717) is 23.4 Å². The number of aromatic nitrogens is 4. The summed E-state index contributed by atoms with van der Waals surface area (Å²) in [5.41, 5.74) is 4.19. The number of hydrogen-bond donors (Lipinski definition) is 2. The molecule has 4 aromatic rings. The molecule has 190 valence electrons.